The van der Waals surface area contributed by atoms with E-state index in [2.05, 4.69) is 15.9 Å². The number of likely N-dealkylation sites (N-methyl/N-ethyl adjacent to an activating group) is 1. The zero-order chi connectivity index (χ0) is 20.8. The Kier molecular flexibility index (Phi) is 7.57. The molecule has 152 valence electrons. The van der Waals surface area contributed by atoms with Crippen LogP contribution in [0.3, 0.4) is 0 Å². The third kappa shape index (κ3) is 5.74. The van der Waals surface area contributed by atoms with E-state index in [0.29, 0.717) is 40.5 Å². The molecule has 1 saturated heterocycles. The van der Waals surface area contributed by atoms with Crippen LogP contribution in [0.2, 0.25) is 0 Å². The lowest BCUT2D eigenvalue weighted by molar-refractivity contribution is -0.121. The molecule has 0 unspecified atom stereocenters. The molecule has 2 aromatic rings. The molecule has 8 heteroatoms. The van der Waals surface area contributed by atoms with Crippen LogP contribution in [0.15, 0.2) is 51.8 Å². The van der Waals surface area contributed by atoms with Gasteiger partial charge in [-0.25, -0.2) is 0 Å². The first-order chi connectivity index (χ1) is 14.0. The summed E-state index contributed by atoms with van der Waals surface area (Å²) in [6.45, 7) is 3.21. The summed E-state index contributed by atoms with van der Waals surface area (Å²) < 4.78 is 18.8. The second kappa shape index (κ2) is 10.1. The fraction of sp³-hybridized carbons (Fsp3) is 0.238. The number of halogens is 1. The van der Waals surface area contributed by atoms with Gasteiger partial charge in [-0.15, -0.1) is 0 Å². The third-order valence-corrected chi connectivity index (χ3v) is 5.99. The molecule has 5 nitrogen and oxygen atoms in total. The Morgan fingerprint density at radius 3 is 2.45 bits per heavy atom. The quantitative estimate of drug-likeness (QED) is 0.288. The van der Waals surface area contributed by atoms with Crippen molar-refractivity contribution in [1.29, 1.82) is 0 Å². The van der Waals surface area contributed by atoms with Crippen LogP contribution in [0, 0.1) is 0 Å². The molecular weight excluding hydrogens is 474 g/mol. The molecular formula is C21H20BrNO4S2. The number of carbonyl (C=O) groups excluding carboxylic acids is 1. The summed E-state index contributed by atoms with van der Waals surface area (Å²) in [5.41, 5.74) is 0.848. The summed E-state index contributed by atoms with van der Waals surface area (Å²) in [6, 6.07) is 13.2. The fourth-order valence-electron chi connectivity index (χ4n) is 2.54. The number of hydrogen-bond donors (Lipinski definition) is 0. The second-order valence-electron chi connectivity index (χ2n) is 6.03. The van der Waals surface area contributed by atoms with E-state index >= 15 is 0 Å². The Balaban J connectivity index is 1.64. The molecule has 0 aliphatic carbocycles. The molecule has 0 bridgehead atoms. The van der Waals surface area contributed by atoms with Crippen molar-refractivity contribution in [1.82, 2.24) is 4.90 Å². The van der Waals surface area contributed by atoms with Crippen molar-refractivity contribution in [3.8, 4) is 17.2 Å². The van der Waals surface area contributed by atoms with E-state index in [9.17, 15) is 4.79 Å². The maximum absolute atomic E-state index is 12.2. The third-order valence-electron chi connectivity index (χ3n) is 3.98. The topological polar surface area (TPSA) is 48.0 Å². The van der Waals surface area contributed by atoms with Gasteiger partial charge in [-0.1, -0.05) is 46.0 Å². The Labute approximate surface area is 188 Å². The van der Waals surface area contributed by atoms with Crippen molar-refractivity contribution < 1.29 is 19.0 Å². The molecule has 0 atom stereocenters. The number of ether oxygens (including phenoxy) is 3. The zero-order valence-corrected chi connectivity index (χ0v) is 19.2. The van der Waals surface area contributed by atoms with Crippen molar-refractivity contribution in [2.75, 3.05) is 26.9 Å². The van der Waals surface area contributed by atoms with Crippen LogP contribution in [0.5, 0.6) is 17.2 Å². The Bertz CT molecular complexity index is 931. The van der Waals surface area contributed by atoms with Gasteiger partial charge in [-0.05, 0) is 55.0 Å². The van der Waals surface area contributed by atoms with Crippen molar-refractivity contribution in [3.05, 3.63) is 57.4 Å². The summed E-state index contributed by atoms with van der Waals surface area (Å²) >= 11 is 9.86. The van der Waals surface area contributed by atoms with Crippen LogP contribution in [0.25, 0.3) is 6.08 Å². The molecule has 0 spiro atoms. The average molecular weight is 494 g/mol. The van der Waals surface area contributed by atoms with Gasteiger partial charge >= 0.3 is 0 Å². The molecule has 1 aliphatic heterocycles. The monoisotopic (exact) mass is 493 g/mol. The number of rotatable bonds is 8. The molecule has 0 aromatic heterocycles. The van der Waals surface area contributed by atoms with Crippen molar-refractivity contribution in [2.45, 2.75) is 6.92 Å². The number of nitrogens with zero attached hydrogens (tertiary/aromatic N) is 1. The number of benzene rings is 2. The summed E-state index contributed by atoms with van der Waals surface area (Å²) in [6.07, 6.45) is 1.81. The normalized spacial score (nSPS) is 15.1. The van der Waals surface area contributed by atoms with Gasteiger partial charge in [0.15, 0.2) is 11.5 Å². The SMILES string of the molecule is CCOc1cc(/C=C2\SC(=S)N(C)C2=O)ccc1OCCOc1ccc(Br)cc1. The number of hydrogen-bond acceptors (Lipinski definition) is 6. The summed E-state index contributed by atoms with van der Waals surface area (Å²) in [5.74, 6) is 1.94. The van der Waals surface area contributed by atoms with Crippen LogP contribution in [-0.2, 0) is 4.79 Å². The van der Waals surface area contributed by atoms with E-state index in [-0.39, 0.29) is 5.91 Å². The lowest BCUT2D eigenvalue weighted by atomic mass is 10.2. The Hall–Kier alpha value is -2.03. The van der Waals surface area contributed by atoms with Crippen LogP contribution >= 0.6 is 39.9 Å². The Morgan fingerprint density at radius 1 is 1.07 bits per heavy atom. The molecule has 0 saturated carbocycles. The minimum absolute atomic E-state index is 0.0941. The smallest absolute Gasteiger partial charge is 0.265 e. The first-order valence-corrected chi connectivity index (χ1v) is 11.0. The van der Waals surface area contributed by atoms with Gasteiger partial charge in [0, 0.05) is 11.5 Å². The van der Waals surface area contributed by atoms with Gasteiger partial charge in [0.05, 0.1) is 11.5 Å². The van der Waals surface area contributed by atoms with Gasteiger partial charge in [-0.3, -0.25) is 9.69 Å². The Morgan fingerprint density at radius 2 is 1.79 bits per heavy atom. The van der Waals surface area contributed by atoms with Crippen molar-refractivity contribution >= 4 is 56.2 Å². The molecule has 0 radical (unpaired) electrons. The van der Waals surface area contributed by atoms with Gasteiger partial charge in [0.2, 0.25) is 0 Å². The molecule has 1 amide bonds. The van der Waals surface area contributed by atoms with E-state index < -0.39 is 0 Å². The number of amides is 1. The molecule has 1 fully saturated rings. The highest BCUT2D eigenvalue weighted by molar-refractivity contribution is 9.10. The summed E-state index contributed by atoms with van der Waals surface area (Å²) in [4.78, 5) is 14.2. The van der Waals surface area contributed by atoms with E-state index in [1.165, 1.54) is 16.7 Å². The molecule has 3 rings (SSSR count). The van der Waals surface area contributed by atoms with Crippen LogP contribution < -0.4 is 14.2 Å². The summed E-state index contributed by atoms with van der Waals surface area (Å²) in [5, 5.41) is 0. The minimum Gasteiger partial charge on any atom is -0.490 e. The number of carbonyl (C=O) groups is 1. The van der Waals surface area contributed by atoms with Crippen LogP contribution in [0.1, 0.15) is 12.5 Å². The highest BCUT2D eigenvalue weighted by Gasteiger charge is 2.28. The minimum atomic E-state index is -0.0941. The van der Waals surface area contributed by atoms with Crippen LogP contribution in [-0.4, -0.2) is 42.0 Å². The van der Waals surface area contributed by atoms with Gasteiger partial charge in [0.1, 0.15) is 23.3 Å². The van der Waals surface area contributed by atoms with E-state index in [1.54, 1.807) is 7.05 Å². The van der Waals surface area contributed by atoms with E-state index in [0.717, 1.165) is 15.8 Å². The number of thioether (sulfide) groups is 1. The summed E-state index contributed by atoms with van der Waals surface area (Å²) in [7, 11) is 1.68. The lowest BCUT2D eigenvalue weighted by Gasteiger charge is -2.13. The molecule has 2 aromatic carbocycles. The predicted octanol–water partition coefficient (Wildman–Crippen LogP) is 5.14. The number of thiocarbonyl (C=S) groups is 1. The fourth-order valence-corrected chi connectivity index (χ4v) is 3.98. The van der Waals surface area contributed by atoms with E-state index in [4.69, 9.17) is 26.4 Å². The predicted molar refractivity (Wildman–Crippen MR) is 124 cm³/mol. The van der Waals surface area contributed by atoms with Crippen molar-refractivity contribution in [3.63, 3.8) is 0 Å². The highest BCUT2D eigenvalue weighted by Crippen LogP contribution is 2.34. The highest BCUT2D eigenvalue weighted by atomic mass is 79.9. The first kappa shape index (κ1) is 21.7. The lowest BCUT2D eigenvalue weighted by Crippen LogP contribution is -2.22. The maximum atomic E-state index is 12.2. The second-order valence-corrected chi connectivity index (χ2v) is 8.62. The molecule has 0 N–H and O–H groups in total. The van der Waals surface area contributed by atoms with Gasteiger partial charge < -0.3 is 14.2 Å². The molecule has 1 aliphatic rings. The maximum Gasteiger partial charge on any atom is 0.265 e. The average Bonchev–Trinajstić information content (AvgIpc) is 2.95. The van der Waals surface area contributed by atoms with Gasteiger partial charge in [-0.2, -0.15) is 0 Å². The van der Waals surface area contributed by atoms with E-state index in [1.807, 2.05) is 55.5 Å². The first-order valence-electron chi connectivity index (χ1n) is 8.97. The van der Waals surface area contributed by atoms with Gasteiger partial charge in [0.25, 0.3) is 5.91 Å². The molecule has 1 heterocycles. The zero-order valence-electron chi connectivity index (χ0n) is 16.0. The standard InChI is InChI=1S/C21H20BrNO4S2/c1-3-25-18-12-14(13-19-20(24)23(2)21(28)29-19)4-9-17(18)27-11-10-26-16-7-5-15(22)6-8-16/h4-9,12-13H,3,10-11H2,1-2H3/b19-13-. The largest absolute Gasteiger partial charge is 0.490 e. The molecule has 29 heavy (non-hydrogen) atoms. The van der Waals surface area contributed by atoms with Crippen molar-refractivity contribution in [2.24, 2.45) is 0 Å². The van der Waals surface area contributed by atoms with Crippen LogP contribution in [0.4, 0.5) is 0 Å².